The second kappa shape index (κ2) is 24.4. The van der Waals surface area contributed by atoms with Gasteiger partial charge in [0, 0.05) is 31.6 Å². The predicted molar refractivity (Wildman–Crippen MR) is 222 cm³/mol. The second-order valence-corrected chi connectivity index (χ2v) is 18.6. The van der Waals surface area contributed by atoms with Gasteiger partial charge in [-0.1, -0.05) is 13.8 Å². The molecule has 5 fully saturated rings. The van der Waals surface area contributed by atoms with E-state index in [0.29, 0.717) is 0 Å². The highest BCUT2D eigenvalue weighted by atomic mass is 16.8. The number of rotatable bonds is 20. The molecule has 5 heterocycles. The zero-order valence-corrected chi connectivity index (χ0v) is 38.9. The van der Waals surface area contributed by atoms with Gasteiger partial charge in [-0.25, -0.2) is 9.59 Å². The predicted octanol–water partition coefficient (Wildman–Crippen LogP) is -9.75. The van der Waals surface area contributed by atoms with Gasteiger partial charge < -0.3 is 135 Å². The molecule has 5 aliphatic heterocycles. The number of carboxylic acids is 2. The van der Waals surface area contributed by atoms with Crippen LogP contribution in [0.3, 0.4) is 0 Å². The monoisotopic (exact) mass is 1040 g/mol. The van der Waals surface area contributed by atoms with Crippen LogP contribution in [0.1, 0.15) is 40.5 Å². The lowest BCUT2D eigenvalue weighted by molar-refractivity contribution is -0.400. The molecule has 0 radical (unpaired) electrons. The van der Waals surface area contributed by atoms with Gasteiger partial charge in [0.2, 0.25) is 5.91 Å². The Labute approximate surface area is 404 Å². The van der Waals surface area contributed by atoms with Crippen molar-refractivity contribution in [3.63, 3.8) is 0 Å². The van der Waals surface area contributed by atoms with E-state index in [1.807, 2.05) is 0 Å². The number of carbonyl (C=O) groups excluding carboxylic acids is 1. The van der Waals surface area contributed by atoms with E-state index < -0.39 is 228 Å². The van der Waals surface area contributed by atoms with Crippen LogP contribution in [0.4, 0.5) is 0 Å². The maximum Gasteiger partial charge on any atom is 0.364 e. The molecule has 1 amide bonds. The highest BCUT2D eigenvalue weighted by Crippen LogP contribution is 2.43. The molecule has 412 valence electrons. The average molecular weight is 1040 g/mol. The molecule has 71 heavy (non-hydrogen) atoms. The van der Waals surface area contributed by atoms with Crippen LogP contribution in [0.15, 0.2) is 0 Å². The fourth-order valence-corrected chi connectivity index (χ4v) is 9.41. The summed E-state index contributed by atoms with van der Waals surface area (Å²) in [5.41, 5.74) is 0. The minimum Gasteiger partial charge on any atom is -0.477 e. The van der Waals surface area contributed by atoms with E-state index in [9.17, 15) is 101 Å². The number of carboxylic acid groups (broad SMARTS) is 2. The summed E-state index contributed by atoms with van der Waals surface area (Å²) in [6.07, 6.45) is -44.0. The highest BCUT2D eigenvalue weighted by Gasteiger charge is 2.62. The van der Waals surface area contributed by atoms with Crippen LogP contribution < -0.4 is 5.32 Å². The number of carbonyl (C=O) groups is 3. The molecule has 0 bridgehead atoms. The summed E-state index contributed by atoms with van der Waals surface area (Å²) >= 11 is 0. The number of nitrogens with one attached hydrogen (secondary N) is 1. The van der Waals surface area contributed by atoms with Crippen molar-refractivity contribution in [1.82, 2.24) is 5.32 Å². The van der Waals surface area contributed by atoms with E-state index in [0.717, 1.165) is 6.92 Å². The number of aliphatic carboxylic acids is 2. The number of amides is 1. The maximum absolute atomic E-state index is 13.6. The summed E-state index contributed by atoms with van der Waals surface area (Å²) in [5.74, 6) is -13.8. The van der Waals surface area contributed by atoms with Crippen molar-refractivity contribution < 1.29 is 144 Å². The van der Waals surface area contributed by atoms with Crippen LogP contribution in [0.25, 0.3) is 0 Å². The number of aliphatic hydroxyl groups is 15. The van der Waals surface area contributed by atoms with Crippen LogP contribution >= 0.6 is 0 Å². The molecule has 27 atom stereocenters. The summed E-state index contributed by atoms with van der Waals surface area (Å²) in [6, 6.07) is -1.72. The lowest BCUT2D eigenvalue weighted by Crippen LogP contribution is -2.70. The zero-order valence-electron chi connectivity index (χ0n) is 38.9. The van der Waals surface area contributed by atoms with E-state index in [1.165, 1.54) is 20.8 Å². The maximum atomic E-state index is 13.6. The summed E-state index contributed by atoms with van der Waals surface area (Å²) < 4.78 is 52.3. The molecule has 30 heteroatoms. The average Bonchev–Trinajstić information content (AvgIpc) is 3.33. The number of hydrogen-bond acceptors (Lipinski definition) is 27. The third-order valence-corrected chi connectivity index (χ3v) is 13.7. The first-order chi connectivity index (χ1) is 33.3. The van der Waals surface area contributed by atoms with Gasteiger partial charge in [-0.2, -0.15) is 0 Å². The van der Waals surface area contributed by atoms with E-state index in [1.54, 1.807) is 0 Å². The van der Waals surface area contributed by atoms with Crippen LogP contribution in [-0.2, 0) is 57.0 Å². The Morgan fingerprint density at radius 3 is 1.63 bits per heavy atom. The molecule has 0 saturated carbocycles. The SMILES string of the molecule is CC(=O)NC1[C@H](O[C@H]2C(CO)O[C@@H](O[C@@H]3C(CO)OC(C)C(O)[C@H]3O)C(O)[C@H]2O[C@]2(C(=O)O)CC(O)[C@@H](C)[C@H]([C@H](O)[C@@H](CO)O[C@]3(C(=O)O)CC(O)[C@@H](C)[C@H]([C@H](O)[C@H](O)CO)O3)O2)OC(CO)[C@H](O)[C@@H]1O. The number of hydrogen-bond donors (Lipinski definition) is 18. The molecule has 0 aromatic carbocycles. The molecule has 5 saturated heterocycles. The number of aliphatic hydroxyl groups excluding tert-OH is 15. The minimum absolute atomic E-state index is 0.824. The Bertz CT molecular complexity index is 1750. The molecule has 18 N–H and O–H groups in total. The molecule has 0 spiro atoms. The van der Waals surface area contributed by atoms with E-state index in [4.69, 9.17) is 42.6 Å². The van der Waals surface area contributed by atoms with Gasteiger partial charge in [0.05, 0.1) is 63.6 Å². The second-order valence-electron chi connectivity index (χ2n) is 18.6. The van der Waals surface area contributed by atoms with E-state index >= 15 is 0 Å². The van der Waals surface area contributed by atoms with Crippen molar-refractivity contribution in [3.05, 3.63) is 0 Å². The summed E-state index contributed by atoms with van der Waals surface area (Å²) in [6.45, 7) is -0.396. The quantitative estimate of drug-likeness (QED) is 0.0538. The van der Waals surface area contributed by atoms with Crippen LogP contribution in [0, 0.1) is 11.8 Å². The zero-order chi connectivity index (χ0) is 53.2. The molecule has 9 unspecified atom stereocenters. The first-order valence-corrected chi connectivity index (χ1v) is 22.8. The third kappa shape index (κ3) is 12.3. The lowest BCUT2D eigenvalue weighted by Gasteiger charge is -2.52. The van der Waals surface area contributed by atoms with Crippen LogP contribution in [-0.4, -0.2) is 290 Å². The van der Waals surface area contributed by atoms with Crippen molar-refractivity contribution in [2.75, 3.05) is 33.0 Å². The Morgan fingerprint density at radius 1 is 0.606 bits per heavy atom. The Balaban J connectivity index is 1.56. The number of ether oxygens (including phenoxy) is 9. The lowest BCUT2D eigenvalue weighted by atomic mass is 9.83. The molecular weight excluding hydrogens is 970 g/mol. The Hall–Kier alpha value is -2.55. The van der Waals surface area contributed by atoms with E-state index in [2.05, 4.69) is 5.32 Å². The summed E-state index contributed by atoms with van der Waals surface area (Å²) in [4.78, 5) is 38.8. The largest absolute Gasteiger partial charge is 0.477 e. The Morgan fingerprint density at radius 2 is 1.11 bits per heavy atom. The smallest absolute Gasteiger partial charge is 0.364 e. The molecule has 0 aromatic rings. The van der Waals surface area contributed by atoms with Gasteiger partial charge in [-0.15, -0.1) is 0 Å². The van der Waals surface area contributed by atoms with Gasteiger partial charge in [-0.3, -0.25) is 4.79 Å². The van der Waals surface area contributed by atoms with Crippen molar-refractivity contribution >= 4 is 17.8 Å². The topological polar surface area (TPSA) is 490 Å². The van der Waals surface area contributed by atoms with Crippen LogP contribution in [0.2, 0.25) is 0 Å². The molecule has 0 aliphatic carbocycles. The van der Waals surface area contributed by atoms with Crippen molar-refractivity contribution in [1.29, 1.82) is 0 Å². The highest BCUT2D eigenvalue weighted by molar-refractivity contribution is 5.76. The summed E-state index contributed by atoms with van der Waals surface area (Å²) in [7, 11) is 0. The molecule has 5 rings (SSSR count). The van der Waals surface area contributed by atoms with Crippen molar-refractivity contribution in [2.24, 2.45) is 11.8 Å². The summed E-state index contributed by atoms with van der Waals surface area (Å²) in [5, 5.41) is 185. The molecule has 5 aliphatic rings. The molecule has 30 nitrogen and oxygen atoms in total. The van der Waals surface area contributed by atoms with Crippen LogP contribution in [0.5, 0.6) is 0 Å². The first-order valence-electron chi connectivity index (χ1n) is 22.8. The fourth-order valence-electron chi connectivity index (χ4n) is 9.41. The molecular formula is C41H69NO29. The standard InChI is InChI=1S/C41H69NO29/c1-12-16(49)5-40(38(59)60,69-31(12)25(53)18(51)7-43)68-20(9-45)27(55)32-13(2)17(50)6-41(70-32,39(61)62)71-35-30(58)37(66-33-21(10-46)63-14(3)24(52)29(33)57)65-22(11-47)34(35)67-36-23(42-15(4)48)28(56)26(54)19(8-44)64-36/h12-14,16-37,43-47,49-58H,5-11H2,1-4H3,(H,42,48)(H,59,60)(H,61,62)/t12-,13-,14?,16?,17?,18-,19?,20-,21?,22?,23?,24?,25-,26+,27-,28-,29-,30?,31-,32-,33-,34+,35-,36+,37+,40-,41+/m1/s1. The first kappa shape index (κ1) is 59.3. The molecule has 0 aromatic heterocycles. The minimum atomic E-state index is -3.29. The van der Waals surface area contributed by atoms with Gasteiger partial charge in [0.25, 0.3) is 11.6 Å². The fraction of sp³-hybridized carbons (Fsp3) is 0.927. The van der Waals surface area contributed by atoms with Gasteiger partial charge in [-0.05, 0) is 6.92 Å². The van der Waals surface area contributed by atoms with Gasteiger partial charge in [0.1, 0.15) is 97.6 Å². The van der Waals surface area contributed by atoms with E-state index in [-0.39, 0.29) is 0 Å². The van der Waals surface area contributed by atoms with Gasteiger partial charge >= 0.3 is 11.9 Å². The Kier molecular flexibility index (Phi) is 20.4. The van der Waals surface area contributed by atoms with Crippen molar-refractivity contribution in [3.8, 4) is 0 Å². The normalized spacial score (nSPS) is 46.1. The van der Waals surface area contributed by atoms with Crippen molar-refractivity contribution in [2.45, 2.75) is 193 Å². The van der Waals surface area contributed by atoms with Gasteiger partial charge in [0.15, 0.2) is 12.6 Å². The third-order valence-electron chi connectivity index (χ3n) is 13.7.